The second-order valence-corrected chi connectivity index (χ2v) is 6.75. The van der Waals surface area contributed by atoms with Crippen LogP contribution in [0.4, 0.5) is 0 Å². The van der Waals surface area contributed by atoms with Crippen molar-refractivity contribution in [2.45, 2.75) is 43.7 Å². The molecule has 0 spiro atoms. The fourth-order valence-corrected chi connectivity index (χ4v) is 4.35. The molecule has 4 nitrogen and oxygen atoms in total. The molecule has 1 aliphatic heterocycles. The number of nitrogens with zero attached hydrogens (tertiary/aromatic N) is 1. The maximum atomic E-state index is 12.5. The highest BCUT2D eigenvalue weighted by Gasteiger charge is 2.39. The van der Waals surface area contributed by atoms with Crippen molar-refractivity contribution in [3.8, 4) is 0 Å². The third-order valence-corrected chi connectivity index (χ3v) is 5.60. The van der Waals surface area contributed by atoms with Crippen LogP contribution in [0.1, 0.15) is 25.3 Å². The van der Waals surface area contributed by atoms with Crippen LogP contribution in [0.5, 0.6) is 0 Å². The Labute approximate surface area is 108 Å². The average Bonchev–Trinajstić information content (AvgIpc) is 2.71. The molecule has 0 amide bonds. The third-order valence-electron chi connectivity index (χ3n) is 3.52. The molecule has 2 rings (SSSR count). The molecule has 5 heteroatoms. The Kier molecular flexibility index (Phi) is 3.75. The molecule has 0 bridgehead atoms. The van der Waals surface area contributed by atoms with E-state index >= 15 is 0 Å². The molecule has 0 saturated carbocycles. The first-order chi connectivity index (χ1) is 8.46. The van der Waals surface area contributed by atoms with Crippen LogP contribution in [-0.2, 0) is 10.0 Å². The Morgan fingerprint density at radius 2 is 1.89 bits per heavy atom. The molecule has 1 heterocycles. The van der Waals surface area contributed by atoms with Gasteiger partial charge in [0.15, 0.2) is 0 Å². The number of sulfonamides is 1. The normalized spacial score (nSPS) is 25.5. The molecule has 0 aromatic heterocycles. The zero-order valence-electron chi connectivity index (χ0n) is 10.7. The van der Waals surface area contributed by atoms with E-state index in [0.29, 0.717) is 4.90 Å². The van der Waals surface area contributed by atoms with Crippen molar-refractivity contribution < 1.29 is 13.5 Å². The molecule has 1 fully saturated rings. The van der Waals surface area contributed by atoms with Gasteiger partial charge < -0.3 is 5.11 Å². The Bertz CT molecular complexity index is 510. The van der Waals surface area contributed by atoms with Gasteiger partial charge in [-0.3, -0.25) is 0 Å². The fraction of sp³-hybridized carbons (Fsp3) is 0.538. The zero-order chi connectivity index (χ0) is 13.3. The number of rotatable bonds is 3. The molecule has 18 heavy (non-hydrogen) atoms. The van der Waals surface area contributed by atoms with Crippen LogP contribution < -0.4 is 0 Å². The lowest BCUT2D eigenvalue weighted by Crippen LogP contribution is -2.41. The quantitative estimate of drug-likeness (QED) is 0.905. The van der Waals surface area contributed by atoms with E-state index in [2.05, 4.69) is 0 Å². The Hall–Kier alpha value is -0.910. The van der Waals surface area contributed by atoms with E-state index in [4.69, 9.17) is 0 Å². The molecule has 1 unspecified atom stereocenters. The highest BCUT2D eigenvalue weighted by molar-refractivity contribution is 7.89. The van der Waals surface area contributed by atoms with Crippen molar-refractivity contribution >= 4 is 10.0 Å². The maximum absolute atomic E-state index is 12.5. The van der Waals surface area contributed by atoms with E-state index in [9.17, 15) is 13.5 Å². The third kappa shape index (κ3) is 2.30. The van der Waals surface area contributed by atoms with Crippen molar-refractivity contribution in [1.82, 2.24) is 4.31 Å². The summed E-state index contributed by atoms with van der Waals surface area (Å²) in [6.45, 7) is 3.70. The van der Waals surface area contributed by atoms with Crippen molar-refractivity contribution in [2.24, 2.45) is 0 Å². The smallest absolute Gasteiger partial charge is 0.243 e. The standard InChI is InChI=1S/C13H19NO3S/c1-10-3-7-13(8-4-10)18(16,17)14-11(2)5-6-12(14)9-15/h3-4,7-8,11-12,15H,5-6,9H2,1-2H3/t11-,12?/m0/s1. The average molecular weight is 269 g/mol. The lowest BCUT2D eigenvalue weighted by atomic mass is 10.2. The van der Waals surface area contributed by atoms with Gasteiger partial charge in [-0.1, -0.05) is 17.7 Å². The van der Waals surface area contributed by atoms with Crippen LogP contribution in [0.25, 0.3) is 0 Å². The molecular weight excluding hydrogens is 250 g/mol. The first kappa shape index (κ1) is 13.5. The van der Waals surface area contributed by atoms with Crippen LogP contribution in [0.3, 0.4) is 0 Å². The minimum absolute atomic E-state index is 0.0477. The van der Waals surface area contributed by atoms with Gasteiger partial charge in [0, 0.05) is 12.1 Å². The molecule has 0 aliphatic carbocycles. The first-order valence-electron chi connectivity index (χ1n) is 6.18. The summed E-state index contributed by atoms with van der Waals surface area (Å²) in [6, 6.07) is 6.51. The summed E-state index contributed by atoms with van der Waals surface area (Å²) in [5, 5.41) is 9.30. The van der Waals surface area contributed by atoms with Gasteiger partial charge in [0.05, 0.1) is 11.5 Å². The lowest BCUT2D eigenvalue weighted by molar-refractivity contribution is 0.200. The van der Waals surface area contributed by atoms with E-state index in [1.807, 2.05) is 13.8 Å². The maximum Gasteiger partial charge on any atom is 0.243 e. The topological polar surface area (TPSA) is 57.6 Å². The zero-order valence-corrected chi connectivity index (χ0v) is 11.5. The summed E-state index contributed by atoms with van der Waals surface area (Å²) in [6.07, 6.45) is 1.53. The van der Waals surface area contributed by atoms with Gasteiger partial charge in [0.2, 0.25) is 10.0 Å². The number of aliphatic hydroxyl groups is 1. The molecule has 1 aliphatic rings. The molecule has 2 atom stereocenters. The molecule has 100 valence electrons. The predicted molar refractivity (Wildman–Crippen MR) is 69.8 cm³/mol. The van der Waals surface area contributed by atoms with Gasteiger partial charge in [-0.25, -0.2) is 8.42 Å². The van der Waals surface area contributed by atoms with Crippen LogP contribution >= 0.6 is 0 Å². The number of aryl methyl sites for hydroxylation is 1. The van der Waals surface area contributed by atoms with E-state index in [1.165, 1.54) is 4.31 Å². The SMILES string of the molecule is Cc1ccc(S(=O)(=O)N2C(CO)CC[C@@H]2C)cc1. The summed E-state index contributed by atoms with van der Waals surface area (Å²) in [5.74, 6) is 0. The molecule has 1 aromatic rings. The number of hydrogen-bond donors (Lipinski definition) is 1. The van der Waals surface area contributed by atoms with Crippen LogP contribution in [-0.4, -0.2) is 36.5 Å². The Morgan fingerprint density at radius 1 is 1.28 bits per heavy atom. The highest BCUT2D eigenvalue weighted by atomic mass is 32.2. The minimum atomic E-state index is -3.49. The van der Waals surface area contributed by atoms with Crippen molar-refractivity contribution in [3.05, 3.63) is 29.8 Å². The molecule has 1 saturated heterocycles. The summed E-state index contributed by atoms with van der Waals surface area (Å²) in [7, 11) is -3.49. The van der Waals surface area contributed by atoms with Crippen molar-refractivity contribution in [2.75, 3.05) is 6.61 Å². The van der Waals surface area contributed by atoms with Gasteiger partial charge in [0.1, 0.15) is 0 Å². The molecule has 0 radical (unpaired) electrons. The number of aliphatic hydroxyl groups excluding tert-OH is 1. The summed E-state index contributed by atoms with van der Waals surface area (Å²) < 4.78 is 26.5. The van der Waals surface area contributed by atoms with E-state index < -0.39 is 10.0 Å². The first-order valence-corrected chi connectivity index (χ1v) is 7.62. The van der Waals surface area contributed by atoms with Gasteiger partial charge in [-0.15, -0.1) is 0 Å². The van der Waals surface area contributed by atoms with Crippen LogP contribution in [0.2, 0.25) is 0 Å². The Morgan fingerprint density at radius 3 is 2.44 bits per heavy atom. The minimum Gasteiger partial charge on any atom is -0.395 e. The number of benzene rings is 1. The summed E-state index contributed by atoms with van der Waals surface area (Å²) in [4.78, 5) is 0.306. The van der Waals surface area contributed by atoms with E-state index in [0.717, 1.165) is 18.4 Å². The Balaban J connectivity index is 2.38. The van der Waals surface area contributed by atoms with Crippen LogP contribution in [0.15, 0.2) is 29.2 Å². The summed E-state index contributed by atoms with van der Waals surface area (Å²) in [5.41, 5.74) is 1.03. The van der Waals surface area contributed by atoms with Crippen molar-refractivity contribution in [3.63, 3.8) is 0 Å². The lowest BCUT2D eigenvalue weighted by Gasteiger charge is -2.26. The monoisotopic (exact) mass is 269 g/mol. The van der Waals surface area contributed by atoms with E-state index in [-0.39, 0.29) is 18.7 Å². The highest BCUT2D eigenvalue weighted by Crippen LogP contribution is 2.30. The second kappa shape index (κ2) is 4.99. The summed E-state index contributed by atoms with van der Waals surface area (Å²) >= 11 is 0. The van der Waals surface area contributed by atoms with Crippen LogP contribution in [0, 0.1) is 6.92 Å². The molecular formula is C13H19NO3S. The number of hydrogen-bond acceptors (Lipinski definition) is 3. The van der Waals surface area contributed by atoms with Crippen molar-refractivity contribution in [1.29, 1.82) is 0 Å². The fourth-order valence-electron chi connectivity index (χ4n) is 2.48. The molecule has 1 aromatic carbocycles. The predicted octanol–water partition coefficient (Wildman–Crippen LogP) is 1.53. The van der Waals surface area contributed by atoms with Gasteiger partial charge >= 0.3 is 0 Å². The molecule has 1 N–H and O–H groups in total. The van der Waals surface area contributed by atoms with Gasteiger partial charge in [-0.2, -0.15) is 4.31 Å². The van der Waals surface area contributed by atoms with E-state index in [1.54, 1.807) is 24.3 Å². The van der Waals surface area contributed by atoms with Gasteiger partial charge in [0.25, 0.3) is 0 Å². The van der Waals surface area contributed by atoms with Gasteiger partial charge in [-0.05, 0) is 38.8 Å². The largest absolute Gasteiger partial charge is 0.395 e. The second-order valence-electron chi connectivity index (χ2n) is 4.91.